The Labute approximate surface area is 73.2 Å². The number of rotatable bonds is 5. The quantitative estimate of drug-likeness (QED) is 0.326. The molecule has 0 amide bonds. The Morgan fingerprint density at radius 2 is 2.00 bits per heavy atom. The number of carboxylic acid groups (broad SMARTS) is 1. The van der Waals surface area contributed by atoms with Crippen molar-refractivity contribution in [2.75, 3.05) is 6.61 Å². The normalized spacial score (nSPS) is 16.6. The third-order valence-corrected chi connectivity index (χ3v) is 1.60. The van der Waals surface area contributed by atoms with Gasteiger partial charge in [-0.3, -0.25) is 9.32 Å². The van der Waals surface area contributed by atoms with Crippen LogP contribution in [0.4, 0.5) is 0 Å². The van der Waals surface area contributed by atoms with Gasteiger partial charge in [0.1, 0.15) is 12.1 Å². The van der Waals surface area contributed by atoms with E-state index < -0.39 is 32.5 Å². The maximum Gasteiger partial charge on any atom is 0.469 e. The summed E-state index contributed by atoms with van der Waals surface area (Å²) in [5.41, 5.74) is 4.91. The topological polar surface area (TPSA) is 150 Å². The van der Waals surface area contributed by atoms with E-state index >= 15 is 0 Å². The number of aliphatic hydroxyl groups is 1. The summed E-state index contributed by atoms with van der Waals surface area (Å²) in [7, 11) is -4.70. The van der Waals surface area contributed by atoms with Crippen LogP contribution in [0.2, 0.25) is 0 Å². The lowest BCUT2D eigenvalue weighted by atomic mass is 10.2. The molecule has 2 atom stereocenters. The van der Waals surface area contributed by atoms with Crippen molar-refractivity contribution in [1.82, 2.24) is 0 Å². The zero-order valence-electron chi connectivity index (χ0n) is 6.40. The number of phosphoric acid groups is 1. The van der Waals surface area contributed by atoms with E-state index in [4.69, 9.17) is 25.7 Å². The number of hydrogen-bond acceptors (Lipinski definition) is 5. The fourth-order valence-corrected chi connectivity index (χ4v) is 0.789. The third-order valence-electron chi connectivity index (χ3n) is 1.11. The molecule has 78 valence electrons. The minimum absolute atomic E-state index is 0.836. The summed E-state index contributed by atoms with van der Waals surface area (Å²) in [5.74, 6) is -1.48. The average molecular weight is 215 g/mol. The van der Waals surface area contributed by atoms with E-state index in [0.717, 1.165) is 0 Å². The van der Waals surface area contributed by atoms with Crippen molar-refractivity contribution in [3.05, 3.63) is 0 Å². The zero-order valence-corrected chi connectivity index (χ0v) is 7.29. The lowest BCUT2D eigenvalue weighted by molar-refractivity contribution is -0.141. The van der Waals surface area contributed by atoms with Gasteiger partial charge in [0.25, 0.3) is 0 Å². The smallest absolute Gasteiger partial charge is 0.469 e. The molecule has 0 unspecified atom stereocenters. The highest BCUT2D eigenvalue weighted by atomic mass is 31.2. The molecule has 0 fully saturated rings. The van der Waals surface area contributed by atoms with Crippen molar-refractivity contribution in [2.45, 2.75) is 12.1 Å². The Bertz CT molecular complexity index is 225. The van der Waals surface area contributed by atoms with Gasteiger partial charge in [-0.2, -0.15) is 0 Å². The average Bonchev–Trinajstić information content (AvgIpc) is 1.97. The molecule has 0 spiro atoms. The van der Waals surface area contributed by atoms with Crippen molar-refractivity contribution in [3.63, 3.8) is 0 Å². The summed E-state index contributed by atoms with van der Waals surface area (Å²) in [4.78, 5) is 26.5. The van der Waals surface area contributed by atoms with Gasteiger partial charge in [-0.1, -0.05) is 0 Å². The zero-order chi connectivity index (χ0) is 10.6. The summed E-state index contributed by atoms with van der Waals surface area (Å²) in [6.07, 6.45) is -1.66. The van der Waals surface area contributed by atoms with Crippen molar-refractivity contribution >= 4 is 13.8 Å². The molecule has 0 aromatic carbocycles. The second kappa shape index (κ2) is 4.66. The van der Waals surface area contributed by atoms with Gasteiger partial charge in [0.05, 0.1) is 6.61 Å². The van der Waals surface area contributed by atoms with E-state index in [-0.39, 0.29) is 0 Å². The van der Waals surface area contributed by atoms with Gasteiger partial charge in [-0.05, 0) is 0 Å². The van der Waals surface area contributed by atoms with Crippen molar-refractivity contribution < 1.29 is 33.9 Å². The number of hydrogen-bond donors (Lipinski definition) is 5. The molecule has 0 aromatic rings. The predicted molar refractivity (Wildman–Crippen MR) is 39.6 cm³/mol. The molecule has 6 N–H and O–H groups in total. The lowest BCUT2D eigenvalue weighted by Crippen LogP contribution is -2.44. The number of carboxylic acids is 1. The van der Waals surface area contributed by atoms with Crippen LogP contribution in [0.25, 0.3) is 0 Å². The SMILES string of the molecule is N[C@H](C(=O)O)[C@@H](O)COP(=O)(O)O. The Morgan fingerprint density at radius 1 is 1.54 bits per heavy atom. The van der Waals surface area contributed by atoms with E-state index in [1.54, 1.807) is 0 Å². The van der Waals surface area contributed by atoms with Crippen LogP contribution in [0.1, 0.15) is 0 Å². The van der Waals surface area contributed by atoms with Crippen LogP contribution in [-0.2, 0) is 13.9 Å². The molecule has 0 aliphatic rings. The van der Waals surface area contributed by atoms with Crippen LogP contribution < -0.4 is 5.73 Å². The Hall–Kier alpha value is -0.500. The molecular formula is C4H10NO7P. The molecule has 0 rings (SSSR count). The van der Waals surface area contributed by atoms with Crippen LogP contribution in [0.5, 0.6) is 0 Å². The summed E-state index contributed by atoms with van der Waals surface area (Å²) in [6, 6.07) is -1.63. The van der Waals surface area contributed by atoms with E-state index in [9.17, 15) is 9.36 Å². The van der Waals surface area contributed by atoms with Gasteiger partial charge in [0.15, 0.2) is 0 Å². The highest BCUT2D eigenvalue weighted by Crippen LogP contribution is 2.35. The first-order valence-electron chi connectivity index (χ1n) is 3.10. The first-order chi connectivity index (χ1) is 5.74. The van der Waals surface area contributed by atoms with Crippen LogP contribution in [0, 0.1) is 0 Å². The van der Waals surface area contributed by atoms with Gasteiger partial charge in [-0.25, -0.2) is 4.57 Å². The minimum atomic E-state index is -4.70. The highest BCUT2D eigenvalue weighted by molar-refractivity contribution is 7.46. The molecule has 0 aliphatic carbocycles. The second-order valence-electron chi connectivity index (χ2n) is 2.22. The van der Waals surface area contributed by atoms with E-state index in [0.29, 0.717) is 0 Å². The Balaban J connectivity index is 3.95. The van der Waals surface area contributed by atoms with Crippen molar-refractivity contribution in [2.24, 2.45) is 5.73 Å². The van der Waals surface area contributed by atoms with E-state index in [1.807, 2.05) is 0 Å². The molecule has 0 saturated heterocycles. The molecule has 13 heavy (non-hydrogen) atoms. The first kappa shape index (κ1) is 12.5. The lowest BCUT2D eigenvalue weighted by Gasteiger charge is -2.14. The largest absolute Gasteiger partial charge is 0.480 e. The number of nitrogens with two attached hydrogens (primary N) is 1. The van der Waals surface area contributed by atoms with Crippen molar-refractivity contribution in [3.8, 4) is 0 Å². The standard InChI is InChI=1S/C4H10NO7P/c5-3(4(7)8)2(6)1-12-13(9,10)11/h2-3,6H,1,5H2,(H,7,8)(H2,9,10,11)/t2-,3-/m0/s1. The van der Waals surface area contributed by atoms with Crippen LogP contribution in [-0.4, -0.2) is 44.7 Å². The second-order valence-corrected chi connectivity index (χ2v) is 3.46. The molecule has 0 saturated carbocycles. The maximum absolute atomic E-state index is 10.1. The van der Waals surface area contributed by atoms with Crippen molar-refractivity contribution in [1.29, 1.82) is 0 Å². The molecule has 0 heterocycles. The fraction of sp³-hybridized carbons (Fsp3) is 0.750. The summed E-state index contributed by atoms with van der Waals surface area (Å²) >= 11 is 0. The number of aliphatic hydroxyl groups excluding tert-OH is 1. The molecule has 8 nitrogen and oxygen atoms in total. The molecule has 9 heteroatoms. The number of aliphatic carboxylic acids is 1. The van der Waals surface area contributed by atoms with Gasteiger partial charge in [0.2, 0.25) is 0 Å². The van der Waals surface area contributed by atoms with Gasteiger partial charge in [-0.15, -0.1) is 0 Å². The van der Waals surface area contributed by atoms with Crippen LogP contribution >= 0.6 is 7.82 Å². The highest BCUT2D eigenvalue weighted by Gasteiger charge is 2.25. The third kappa shape index (κ3) is 5.69. The molecule has 0 radical (unpaired) electrons. The molecule has 0 aromatic heterocycles. The minimum Gasteiger partial charge on any atom is -0.480 e. The molecular weight excluding hydrogens is 205 g/mol. The number of carbonyl (C=O) groups is 1. The monoisotopic (exact) mass is 215 g/mol. The van der Waals surface area contributed by atoms with Crippen LogP contribution in [0.15, 0.2) is 0 Å². The summed E-state index contributed by atoms with van der Waals surface area (Å²) < 4.78 is 13.9. The maximum atomic E-state index is 10.1. The molecule has 0 aliphatic heterocycles. The Morgan fingerprint density at radius 3 is 2.31 bits per heavy atom. The fourth-order valence-electron chi connectivity index (χ4n) is 0.442. The van der Waals surface area contributed by atoms with Gasteiger partial charge in [0, 0.05) is 0 Å². The van der Waals surface area contributed by atoms with Gasteiger partial charge < -0.3 is 25.7 Å². The molecule has 0 bridgehead atoms. The predicted octanol–water partition coefficient (Wildman–Crippen LogP) is -2.13. The van der Waals surface area contributed by atoms with E-state index in [1.165, 1.54) is 0 Å². The Kier molecular flexibility index (Phi) is 4.48. The first-order valence-corrected chi connectivity index (χ1v) is 4.63. The summed E-state index contributed by atoms with van der Waals surface area (Å²) in [5, 5.41) is 17.1. The van der Waals surface area contributed by atoms with Crippen LogP contribution in [0.3, 0.4) is 0 Å². The number of phosphoric ester groups is 1. The van der Waals surface area contributed by atoms with E-state index in [2.05, 4.69) is 4.52 Å². The summed E-state index contributed by atoms with van der Waals surface area (Å²) in [6.45, 7) is -0.836. The van der Waals surface area contributed by atoms with Gasteiger partial charge >= 0.3 is 13.8 Å².